The second kappa shape index (κ2) is 8.72. The number of aryl methyl sites for hydroxylation is 1. The fourth-order valence-corrected chi connectivity index (χ4v) is 5.30. The van der Waals surface area contributed by atoms with E-state index in [-0.39, 0.29) is 22.2 Å². The van der Waals surface area contributed by atoms with Crippen LogP contribution in [0.4, 0.5) is 11.5 Å². The minimum Gasteiger partial charge on any atom is -0.381 e. The van der Waals surface area contributed by atoms with Gasteiger partial charge in [-0.3, -0.25) is 14.2 Å². The number of sulfonamides is 1. The van der Waals surface area contributed by atoms with Crippen LogP contribution in [0.2, 0.25) is 0 Å². The highest BCUT2D eigenvalue weighted by atomic mass is 32.2. The van der Waals surface area contributed by atoms with Gasteiger partial charge < -0.3 is 11.1 Å². The number of anilines is 2. The van der Waals surface area contributed by atoms with Crippen LogP contribution in [0.25, 0.3) is 0 Å². The average Bonchev–Trinajstić information content (AvgIpc) is 3.40. The van der Waals surface area contributed by atoms with Crippen molar-refractivity contribution in [2.24, 2.45) is 0 Å². The number of nitriles is 1. The van der Waals surface area contributed by atoms with Crippen molar-refractivity contribution in [1.29, 1.82) is 5.26 Å². The van der Waals surface area contributed by atoms with E-state index in [4.69, 9.17) is 11.0 Å². The van der Waals surface area contributed by atoms with E-state index in [0.29, 0.717) is 49.3 Å². The van der Waals surface area contributed by atoms with E-state index in [2.05, 4.69) is 15.5 Å². The van der Waals surface area contributed by atoms with Crippen LogP contribution in [0.1, 0.15) is 33.6 Å². The summed E-state index contributed by atoms with van der Waals surface area (Å²) in [5.41, 5.74) is 8.49. The number of carbonyl (C=O) groups is 1. The summed E-state index contributed by atoms with van der Waals surface area (Å²) in [4.78, 5) is 12.6. The number of nitrogen functional groups attached to an aromatic ring is 1. The largest absolute Gasteiger partial charge is 0.381 e. The Bertz CT molecular complexity index is 1310. The van der Waals surface area contributed by atoms with Crippen LogP contribution in [0.3, 0.4) is 0 Å². The number of nitrogens with zero attached hydrogens (tertiary/aromatic N) is 3. The van der Waals surface area contributed by atoms with Crippen LogP contribution in [-0.2, 0) is 22.9 Å². The quantitative estimate of drug-likeness (QED) is 0.469. The molecule has 0 atom stereocenters. The predicted octanol–water partition coefficient (Wildman–Crippen LogP) is 1.98. The van der Waals surface area contributed by atoms with Crippen molar-refractivity contribution in [2.45, 2.75) is 24.2 Å². The van der Waals surface area contributed by atoms with E-state index >= 15 is 0 Å². The Labute approximate surface area is 185 Å². The smallest absolute Gasteiger partial charge is 0.264 e. The van der Waals surface area contributed by atoms with Gasteiger partial charge in [-0.05, 0) is 49.1 Å². The molecule has 2 aromatic carbocycles. The Morgan fingerprint density at radius 3 is 2.88 bits per heavy atom. The highest BCUT2D eigenvalue weighted by Gasteiger charge is 2.30. The third-order valence-electron chi connectivity index (χ3n) is 5.40. The molecule has 2 heterocycles. The van der Waals surface area contributed by atoms with Crippen LogP contribution in [0.15, 0.2) is 53.4 Å². The summed E-state index contributed by atoms with van der Waals surface area (Å²) in [6, 6.07) is 15.5. The lowest BCUT2D eigenvalue weighted by atomic mass is 10.1. The zero-order chi connectivity index (χ0) is 22.7. The molecule has 0 fully saturated rings. The highest BCUT2D eigenvalue weighted by Crippen LogP contribution is 2.32. The summed E-state index contributed by atoms with van der Waals surface area (Å²) in [7, 11) is -3.77. The maximum absolute atomic E-state index is 13.2. The Morgan fingerprint density at radius 1 is 1.25 bits per heavy atom. The van der Waals surface area contributed by atoms with Crippen LogP contribution < -0.4 is 15.4 Å². The van der Waals surface area contributed by atoms with Gasteiger partial charge in [-0.25, -0.2) is 8.42 Å². The van der Waals surface area contributed by atoms with Crippen LogP contribution in [0, 0.1) is 11.3 Å². The number of aromatic amines is 1. The number of H-pyrrole nitrogens is 1. The Morgan fingerprint density at radius 2 is 2.06 bits per heavy atom. The summed E-state index contributed by atoms with van der Waals surface area (Å²) in [5, 5.41) is 18.4. The van der Waals surface area contributed by atoms with Crippen molar-refractivity contribution in [3.8, 4) is 6.07 Å². The molecule has 0 saturated carbocycles. The molecule has 1 aromatic heterocycles. The predicted molar refractivity (Wildman–Crippen MR) is 119 cm³/mol. The van der Waals surface area contributed by atoms with Crippen molar-refractivity contribution >= 4 is 27.4 Å². The molecule has 1 aliphatic rings. The van der Waals surface area contributed by atoms with E-state index in [9.17, 15) is 13.2 Å². The fraction of sp³-hybridized carbons (Fsp3) is 0.227. The van der Waals surface area contributed by atoms with E-state index < -0.39 is 10.0 Å². The van der Waals surface area contributed by atoms with Gasteiger partial charge in [0, 0.05) is 18.7 Å². The molecule has 9 nitrogen and oxygen atoms in total. The number of aromatic nitrogens is 2. The number of hydrogen-bond acceptors (Lipinski definition) is 6. The number of benzene rings is 2. The number of carbonyl (C=O) groups excluding carboxylic acids is 1. The summed E-state index contributed by atoms with van der Waals surface area (Å²) in [5.74, 6) is -0.210. The van der Waals surface area contributed by atoms with Crippen LogP contribution in [-0.4, -0.2) is 37.6 Å². The molecule has 0 radical (unpaired) electrons. The molecule has 4 rings (SSSR count). The van der Waals surface area contributed by atoms with Gasteiger partial charge in [0.2, 0.25) is 0 Å². The summed E-state index contributed by atoms with van der Waals surface area (Å²) in [6.45, 7) is 0.722. The third kappa shape index (κ3) is 4.02. The molecule has 0 unspecified atom stereocenters. The lowest BCUT2D eigenvalue weighted by Crippen LogP contribution is -2.30. The van der Waals surface area contributed by atoms with Gasteiger partial charge in [0.1, 0.15) is 11.6 Å². The van der Waals surface area contributed by atoms with Crippen molar-refractivity contribution in [1.82, 2.24) is 15.5 Å². The lowest BCUT2D eigenvalue weighted by Gasteiger charge is -2.20. The standard InChI is InChI=1S/C22H22N6O3S/c23-14-18-19(26-27-21(18)24)8-4-11-25-22(29)16-6-3-7-17(13-16)32(30,31)28-12-10-15-5-1-2-9-20(15)28/h1-3,5-7,9,13H,4,8,10-12H2,(H,25,29)(H3,24,26,27). The molecule has 32 heavy (non-hydrogen) atoms. The number of nitrogens with two attached hydrogens (primary N) is 1. The van der Waals surface area contributed by atoms with Crippen molar-refractivity contribution in [3.05, 3.63) is 70.9 Å². The topological polar surface area (TPSA) is 145 Å². The summed E-state index contributed by atoms with van der Waals surface area (Å²) >= 11 is 0. The van der Waals surface area contributed by atoms with Crippen molar-refractivity contribution < 1.29 is 13.2 Å². The monoisotopic (exact) mass is 450 g/mol. The average molecular weight is 451 g/mol. The van der Waals surface area contributed by atoms with Gasteiger partial charge in [0.25, 0.3) is 15.9 Å². The molecule has 1 amide bonds. The molecule has 0 aliphatic carbocycles. The SMILES string of the molecule is N#Cc1c(N)n[nH]c1CCCNC(=O)c1cccc(S(=O)(=O)N2CCc3ccccc32)c1. The van der Waals surface area contributed by atoms with Gasteiger partial charge in [-0.1, -0.05) is 24.3 Å². The highest BCUT2D eigenvalue weighted by molar-refractivity contribution is 7.92. The number of fused-ring (bicyclic) bond motifs is 1. The molecule has 3 aromatic rings. The van der Waals surface area contributed by atoms with Crippen molar-refractivity contribution in [2.75, 3.05) is 23.1 Å². The molecule has 4 N–H and O–H groups in total. The Hall–Kier alpha value is -3.84. The Kier molecular flexibility index (Phi) is 5.83. The number of hydrogen-bond donors (Lipinski definition) is 3. The summed E-state index contributed by atoms with van der Waals surface area (Å²) < 4.78 is 27.8. The number of para-hydroxylation sites is 1. The van der Waals surface area contributed by atoms with Gasteiger partial charge in [-0.15, -0.1) is 0 Å². The maximum atomic E-state index is 13.2. The maximum Gasteiger partial charge on any atom is 0.264 e. The fourth-order valence-electron chi connectivity index (χ4n) is 3.75. The first kappa shape index (κ1) is 21.4. The normalized spacial score (nSPS) is 12.9. The van der Waals surface area contributed by atoms with E-state index in [1.54, 1.807) is 18.2 Å². The Balaban J connectivity index is 1.41. The molecular weight excluding hydrogens is 428 g/mol. The molecule has 0 bridgehead atoms. The second-order valence-corrected chi connectivity index (χ2v) is 9.28. The van der Waals surface area contributed by atoms with Gasteiger partial charge in [-0.2, -0.15) is 10.4 Å². The number of rotatable bonds is 7. The number of amides is 1. The second-order valence-electron chi connectivity index (χ2n) is 7.42. The molecule has 164 valence electrons. The van der Waals surface area contributed by atoms with Crippen LogP contribution in [0.5, 0.6) is 0 Å². The van der Waals surface area contributed by atoms with Gasteiger partial charge >= 0.3 is 0 Å². The zero-order valence-electron chi connectivity index (χ0n) is 17.2. The molecule has 10 heteroatoms. The van der Waals surface area contributed by atoms with E-state index in [1.165, 1.54) is 16.4 Å². The first-order chi connectivity index (χ1) is 15.4. The molecule has 0 saturated heterocycles. The molecule has 0 spiro atoms. The first-order valence-electron chi connectivity index (χ1n) is 10.1. The lowest BCUT2D eigenvalue weighted by molar-refractivity contribution is 0.0953. The van der Waals surface area contributed by atoms with Gasteiger partial charge in [0.05, 0.1) is 16.3 Å². The zero-order valence-corrected chi connectivity index (χ0v) is 18.0. The molecule has 1 aliphatic heterocycles. The van der Waals surface area contributed by atoms with E-state index in [1.807, 2.05) is 24.3 Å². The van der Waals surface area contributed by atoms with Crippen molar-refractivity contribution in [3.63, 3.8) is 0 Å². The first-order valence-corrected chi connectivity index (χ1v) is 11.6. The minimum atomic E-state index is -3.77. The van der Waals surface area contributed by atoms with E-state index in [0.717, 1.165) is 5.56 Å². The number of nitrogens with one attached hydrogen (secondary N) is 2. The third-order valence-corrected chi connectivity index (χ3v) is 7.21. The van der Waals surface area contributed by atoms with Crippen LogP contribution >= 0.6 is 0 Å². The summed E-state index contributed by atoms with van der Waals surface area (Å²) in [6.07, 6.45) is 1.71. The minimum absolute atomic E-state index is 0.0773. The van der Waals surface area contributed by atoms with Gasteiger partial charge in [0.15, 0.2) is 5.82 Å². The molecular formula is C22H22N6O3S.